The molecule has 0 saturated carbocycles. The Balaban J connectivity index is 1.62. The molecule has 136 valence electrons. The van der Waals surface area contributed by atoms with Crippen molar-refractivity contribution in [3.05, 3.63) is 53.3 Å². The first-order chi connectivity index (χ1) is 12.7. The van der Waals surface area contributed by atoms with Gasteiger partial charge in [0.25, 0.3) is 0 Å². The van der Waals surface area contributed by atoms with E-state index >= 15 is 0 Å². The highest BCUT2D eigenvalue weighted by atomic mass is 32.1. The predicted molar refractivity (Wildman–Crippen MR) is 103 cm³/mol. The van der Waals surface area contributed by atoms with Gasteiger partial charge in [0.05, 0.1) is 17.5 Å². The second kappa shape index (κ2) is 8.62. The summed E-state index contributed by atoms with van der Waals surface area (Å²) in [6, 6.07) is 7.42. The summed E-state index contributed by atoms with van der Waals surface area (Å²) in [4.78, 5) is 17.0. The summed E-state index contributed by atoms with van der Waals surface area (Å²) < 4.78 is 7.19. The first-order valence-corrected chi connectivity index (χ1v) is 9.48. The highest BCUT2D eigenvalue weighted by Crippen LogP contribution is 2.24. The number of benzene rings is 1. The third-order valence-electron chi connectivity index (χ3n) is 3.85. The standard InChI is InChI=1S/C19H22N4O2S/c1-3-4-9-20-17-8-6-5-7-16(17)19(24)25-12-15-13-26-18(22-15)14-10-21-23(2)11-14/h5-8,10-11,13,20H,3-4,9,12H2,1-2H3. The molecule has 3 aromatic rings. The largest absolute Gasteiger partial charge is 0.455 e. The number of hydrogen-bond acceptors (Lipinski definition) is 6. The van der Waals surface area contributed by atoms with Gasteiger partial charge in [-0.3, -0.25) is 4.68 Å². The summed E-state index contributed by atoms with van der Waals surface area (Å²) in [5.41, 5.74) is 3.05. The van der Waals surface area contributed by atoms with Crippen molar-refractivity contribution in [3.63, 3.8) is 0 Å². The molecule has 1 N–H and O–H groups in total. The van der Waals surface area contributed by atoms with Crippen LogP contribution in [0.2, 0.25) is 0 Å². The number of unbranched alkanes of at least 4 members (excludes halogenated alkanes) is 1. The van der Waals surface area contributed by atoms with Gasteiger partial charge < -0.3 is 10.1 Å². The molecular weight excluding hydrogens is 348 g/mol. The lowest BCUT2D eigenvalue weighted by atomic mass is 10.1. The number of anilines is 1. The van der Waals surface area contributed by atoms with Crippen molar-refractivity contribution in [1.29, 1.82) is 0 Å². The van der Waals surface area contributed by atoms with Gasteiger partial charge in [0.15, 0.2) is 0 Å². The SMILES string of the molecule is CCCCNc1ccccc1C(=O)OCc1csc(-c2cnn(C)c2)n1. The summed E-state index contributed by atoms with van der Waals surface area (Å²) in [7, 11) is 1.87. The number of esters is 1. The fourth-order valence-corrected chi connectivity index (χ4v) is 3.25. The molecular formula is C19H22N4O2S. The van der Waals surface area contributed by atoms with Crippen LogP contribution in [0.4, 0.5) is 5.69 Å². The number of ether oxygens (including phenoxy) is 1. The third kappa shape index (κ3) is 4.49. The molecule has 0 aliphatic heterocycles. The van der Waals surface area contributed by atoms with E-state index in [4.69, 9.17) is 4.74 Å². The van der Waals surface area contributed by atoms with Gasteiger partial charge in [0.2, 0.25) is 0 Å². The monoisotopic (exact) mass is 370 g/mol. The zero-order valence-corrected chi connectivity index (χ0v) is 15.8. The summed E-state index contributed by atoms with van der Waals surface area (Å²) in [5.74, 6) is -0.347. The van der Waals surface area contributed by atoms with Crippen molar-refractivity contribution in [1.82, 2.24) is 14.8 Å². The summed E-state index contributed by atoms with van der Waals surface area (Å²) >= 11 is 1.51. The Labute approximate surface area is 156 Å². The average Bonchev–Trinajstić information content (AvgIpc) is 3.29. The van der Waals surface area contributed by atoms with Gasteiger partial charge in [-0.25, -0.2) is 9.78 Å². The molecule has 0 saturated heterocycles. The molecule has 0 aliphatic carbocycles. The van der Waals surface area contributed by atoms with Crippen LogP contribution in [0, 0.1) is 0 Å². The first-order valence-electron chi connectivity index (χ1n) is 8.61. The molecule has 2 heterocycles. The lowest BCUT2D eigenvalue weighted by molar-refractivity contribution is 0.0469. The number of nitrogens with one attached hydrogen (secondary N) is 1. The van der Waals surface area contributed by atoms with Crippen LogP contribution in [0.1, 0.15) is 35.8 Å². The number of para-hydroxylation sites is 1. The zero-order valence-electron chi connectivity index (χ0n) is 14.9. The Morgan fingerprint density at radius 1 is 1.35 bits per heavy atom. The van der Waals surface area contributed by atoms with Gasteiger partial charge in [0, 0.05) is 36.4 Å². The summed E-state index contributed by atoms with van der Waals surface area (Å²) in [6.07, 6.45) is 5.84. The van der Waals surface area contributed by atoms with E-state index < -0.39 is 0 Å². The minimum atomic E-state index is -0.347. The molecule has 7 heteroatoms. The van der Waals surface area contributed by atoms with E-state index in [0.29, 0.717) is 5.56 Å². The Morgan fingerprint density at radius 3 is 2.96 bits per heavy atom. The van der Waals surface area contributed by atoms with Crippen molar-refractivity contribution in [2.75, 3.05) is 11.9 Å². The average molecular weight is 370 g/mol. The van der Waals surface area contributed by atoms with Crippen LogP contribution >= 0.6 is 11.3 Å². The molecule has 0 amide bonds. The van der Waals surface area contributed by atoms with Crippen LogP contribution in [-0.4, -0.2) is 27.3 Å². The van der Waals surface area contributed by atoms with E-state index in [1.165, 1.54) is 11.3 Å². The molecule has 0 aliphatic rings. The number of hydrogen-bond donors (Lipinski definition) is 1. The van der Waals surface area contributed by atoms with Gasteiger partial charge in [0.1, 0.15) is 11.6 Å². The highest BCUT2D eigenvalue weighted by Gasteiger charge is 2.14. The topological polar surface area (TPSA) is 69.0 Å². The molecule has 0 radical (unpaired) electrons. The van der Waals surface area contributed by atoms with E-state index in [0.717, 1.165) is 41.3 Å². The van der Waals surface area contributed by atoms with E-state index in [1.807, 2.05) is 36.8 Å². The number of aromatic nitrogens is 3. The Hall–Kier alpha value is -2.67. The minimum Gasteiger partial charge on any atom is -0.455 e. The third-order valence-corrected chi connectivity index (χ3v) is 4.79. The number of carbonyl (C=O) groups is 1. The van der Waals surface area contributed by atoms with Crippen molar-refractivity contribution in [2.24, 2.45) is 7.05 Å². The van der Waals surface area contributed by atoms with Crippen LogP contribution in [0.15, 0.2) is 42.0 Å². The second-order valence-corrected chi connectivity index (χ2v) is 6.81. The Bertz CT molecular complexity index is 872. The number of rotatable bonds is 8. The highest BCUT2D eigenvalue weighted by molar-refractivity contribution is 7.13. The van der Waals surface area contributed by atoms with Gasteiger partial charge in [-0.15, -0.1) is 11.3 Å². The van der Waals surface area contributed by atoms with Crippen molar-refractivity contribution >= 4 is 23.0 Å². The van der Waals surface area contributed by atoms with E-state index in [1.54, 1.807) is 16.9 Å². The van der Waals surface area contributed by atoms with Crippen LogP contribution in [-0.2, 0) is 18.4 Å². The number of thiazole rings is 1. The smallest absolute Gasteiger partial charge is 0.340 e. The molecule has 1 aromatic carbocycles. The molecule has 0 bridgehead atoms. The number of aryl methyl sites for hydroxylation is 1. The lowest BCUT2D eigenvalue weighted by Gasteiger charge is -2.11. The molecule has 6 nitrogen and oxygen atoms in total. The number of nitrogens with zero attached hydrogens (tertiary/aromatic N) is 3. The lowest BCUT2D eigenvalue weighted by Crippen LogP contribution is -2.10. The minimum absolute atomic E-state index is 0.152. The normalized spacial score (nSPS) is 10.7. The van der Waals surface area contributed by atoms with Crippen LogP contribution in [0.5, 0.6) is 0 Å². The fraction of sp³-hybridized carbons (Fsp3) is 0.316. The van der Waals surface area contributed by atoms with E-state index in [2.05, 4.69) is 22.3 Å². The zero-order chi connectivity index (χ0) is 18.4. The molecule has 0 unspecified atom stereocenters. The maximum Gasteiger partial charge on any atom is 0.340 e. The van der Waals surface area contributed by atoms with Crippen LogP contribution in [0.25, 0.3) is 10.6 Å². The second-order valence-electron chi connectivity index (χ2n) is 5.95. The molecule has 26 heavy (non-hydrogen) atoms. The summed E-state index contributed by atoms with van der Waals surface area (Å²) in [6.45, 7) is 3.12. The molecule has 2 aromatic heterocycles. The molecule has 0 fully saturated rings. The molecule has 0 atom stereocenters. The molecule has 3 rings (SSSR count). The quantitative estimate of drug-likeness (QED) is 0.477. The fourth-order valence-electron chi connectivity index (χ4n) is 2.47. The van der Waals surface area contributed by atoms with Gasteiger partial charge in [-0.2, -0.15) is 5.10 Å². The van der Waals surface area contributed by atoms with Crippen molar-refractivity contribution < 1.29 is 9.53 Å². The predicted octanol–water partition coefficient (Wildman–Crippen LogP) is 4.11. The van der Waals surface area contributed by atoms with E-state index in [-0.39, 0.29) is 12.6 Å². The summed E-state index contributed by atoms with van der Waals surface area (Å²) in [5, 5.41) is 10.2. The Kier molecular flexibility index (Phi) is 6.01. The Morgan fingerprint density at radius 2 is 2.19 bits per heavy atom. The molecule has 0 spiro atoms. The van der Waals surface area contributed by atoms with Crippen molar-refractivity contribution in [3.8, 4) is 10.6 Å². The maximum absolute atomic E-state index is 12.5. The first kappa shape index (κ1) is 18.1. The van der Waals surface area contributed by atoms with E-state index in [9.17, 15) is 4.79 Å². The maximum atomic E-state index is 12.5. The van der Waals surface area contributed by atoms with Crippen molar-refractivity contribution in [2.45, 2.75) is 26.4 Å². The van der Waals surface area contributed by atoms with Gasteiger partial charge >= 0.3 is 5.97 Å². The van der Waals surface area contributed by atoms with Crippen LogP contribution in [0.3, 0.4) is 0 Å². The van der Waals surface area contributed by atoms with Gasteiger partial charge in [-0.05, 0) is 18.6 Å². The van der Waals surface area contributed by atoms with Gasteiger partial charge in [-0.1, -0.05) is 25.5 Å². The van der Waals surface area contributed by atoms with Crippen LogP contribution < -0.4 is 5.32 Å². The number of carbonyl (C=O) groups excluding carboxylic acids is 1.